The van der Waals surface area contributed by atoms with Crippen LogP contribution in [0.1, 0.15) is 26.2 Å². The number of hydrogen-bond acceptors (Lipinski definition) is 2. The monoisotopic (exact) mass is 215 g/mol. The van der Waals surface area contributed by atoms with Crippen LogP contribution in [0.25, 0.3) is 10.9 Å². The Bertz CT molecular complexity index is 489. The second-order valence-electron chi connectivity index (χ2n) is 4.90. The SMILES string of the molecule is CC1CCC(Nc2cccc3cn[nH]c23)C1. The molecule has 2 atom stereocenters. The molecule has 84 valence electrons. The van der Waals surface area contributed by atoms with Crippen molar-refractivity contribution in [2.45, 2.75) is 32.2 Å². The Labute approximate surface area is 95.2 Å². The number of anilines is 1. The molecule has 0 amide bonds. The molecule has 1 aromatic carbocycles. The first-order valence-corrected chi connectivity index (χ1v) is 6.01. The molecule has 2 aromatic rings. The molecule has 0 spiro atoms. The van der Waals surface area contributed by atoms with Gasteiger partial charge in [-0.1, -0.05) is 19.1 Å². The van der Waals surface area contributed by atoms with Gasteiger partial charge in [0.15, 0.2) is 0 Å². The van der Waals surface area contributed by atoms with Gasteiger partial charge in [-0.25, -0.2) is 0 Å². The van der Waals surface area contributed by atoms with Gasteiger partial charge in [0.2, 0.25) is 0 Å². The Hall–Kier alpha value is -1.51. The molecule has 1 fully saturated rings. The van der Waals surface area contributed by atoms with Gasteiger partial charge in [0, 0.05) is 11.4 Å². The fraction of sp³-hybridized carbons (Fsp3) is 0.462. The van der Waals surface area contributed by atoms with Gasteiger partial charge in [-0.3, -0.25) is 5.10 Å². The Balaban J connectivity index is 1.86. The van der Waals surface area contributed by atoms with Crippen LogP contribution in [0.3, 0.4) is 0 Å². The molecule has 3 heteroatoms. The summed E-state index contributed by atoms with van der Waals surface area (Å²) in [4.78, 5) is 0. The fourth-order valence-corrected chi connectivity index (χ4v) is 2.65. The second kappa shape index (κ2) is 3.81. The normalized spacial score (nSPS) is 25.1. The summed E-state index contributed by atoms with van der Waals surface area (Å²) >= 11 is 0. The second-order valence-corrected chi connectivity index (χ2v) is 4.90. The van der Waals surface area contributed by atoms with E-state index >= 15 is 0 Å². The summed E-state index contributed by atoms with van der Waals surface area (Å²) in [5.74, 6) is 0.860. The Kier molecular flexibility index (Phi) is 2.31. The van der Waals surface area contributed by atoms with E-state index in [9.17, 15) is 0 Å². The highest BCUT2D eigenvalue weighted by atomic mass is 15.1. The summed E-state index contributed by atoms with van der Waals surface area (Å²) in [5, 5.41) is 12.0. The first-order chi connectivity index (χ1) is 7.83. The van der Waals surface area contributed by atoms with Crippen molar-refractivity contribution >= 4 is 16.6 Å². The highest BCUT2D eigenvalue weighted by molar-refractivity contribution is 5.89. The zero-order valence-electron chi connectivity index (χ0n) is 9.53. The van der Waals surface area contributed by atoms with Gasteiger partial charge in [-0.15, -0.1) is 0 Å². The van der Waals surface area contributed by atoms with Crippen molar-refractivity contribution in [1.82, 2.24) is 10.2 Å². The van der Waals surface area contributed by atoms with E-state index in [1.54, 1.807) is 0 Å². The predicted octanol–water partition coefficient (Wildman–Crippen LogP) is 3.16. The van der Waals surface area contributed by atoms with Crippen LogP contribution < -0.4 is 5.32 Å². The largest absolute Gasteiger partial charge is 0.381 e. The van der Waals surface area contributed by atoms with Gasteiger partial charge in [-0.2, -0.15) is 5.10 Å². The van der Waals surface area contributed by atoms with Crippen molar-refractivity contribution in [2.24, 2.45) is 5.92 Å². The third-order valence-corrected chi connectivity index (χ3v) is 3.53. The average Bonchev–Trinajstić information content (AvgIpc) is 2.87. The van der Waals surface area contributed by atoms with Crippen LogP contribution in [0.5, 0.6) is 0 Å². The topological polar surface area (TPSA) is 40.7 Å². The Morgan fingerprint density at radius 1 is 1.38 bits per heavy atom. The van der Waals surface area contributed by atoms with Gasteiger partial charge in [0.1, 0.15) is 0 Å². The van der Waals surface area contributed by atoms with Crippen molar-refractivity contribution in [3.05, 3.63) is 24.4 Å². The molecule has 3 rings (SSSR count). The first-order valence-electron chi connectivity index (χ1n) is 6.01. The zero-order chi connectivity index (χ0) is 11.0. The van der Waals surface area contributed by atoms with E-state index in [1.165, 1.54) is 30.3 Å². The lowest BCUT2D eigenvalue weighted by molar-refractivity contribution is 0.603. The third kappa shape index (κ3) is 1.66. The molecule has 2 N–H and O–H groups in total. The molecule has 0 radical (unpaired) electrons. The summed E-state index contributed by atoms with van der Waals surface area (Å²) < 4.78 is 0. The third-order valence-electron chi connectivity index (χ3n) is 3.53. The van der Waals surface area contributed by atoms with Crippen LogP contribution in [0, 0.1) is 5.92 Å². The van der Waals surface area contributed by atoms with Crippen LogP contribution in [-0.2, 0) is 0 Å². The van der Waals surface area contributed by atoms with Crippen LogP contribution in [0.4, 0.5) is 5.69 Å². The maximum atomic E-state index is 4.09. The minimum absolute atomic E-state index is 0.629. The lowest BCUT2D eigenvalue weighted by atomic mass is 10.1. The van der Waals surface area contributed by atoms with E-state index in [1.807, 2.05) is 6.20 Å². The smallest absolute Gasteiger partial charge is 0.0881 e. The lowest BCUT2D eigenvalue weighted by Crippen LogP contribution is -2.15. The van der Waals surface area contributed by atoms with Crippen molar-refractivity contribution in [3.63, 3.8) is 0 Å². The molecular formula is C13H17N3. The minimum atomic E-state index is 0.629. The summed E-state index contributed by atoms with van der Waals surface area (Å²) in [7, 11) is 0. The number of rotatable bonds is 2. The number of hydrogen-bond donors (Lipinski definition) is 2. The molecule has 3 nitrogen and oxygen atoms in total. The molecule has 1 saturated carbocycles. The summed E-state index contributed by atoms with van der Waals surface area (Å²) in [5.41, 5.74) is 2.32. The van der Waals surface area contributed by atoms with Crippen molar-refractivity contribution in [3.8, 4) is 0 Å². The molecule has 0 bridgehead atoms. The molecule has 0 aliphatic heterocycles. The number of H-pyrrole nitrogens is 1. The standard InChI is InChI=1S/C13H17N3/c1-9-5-6-11(7-9)15-12-4-2-3-10-8-14-16-13(10)12/h2-4,8-9,11,15H,5-7H2,1H3,(H,14,16). The van der Waals surface area contributed by atoms with E-state index in [0.717, 1.165) is 11.4 Å². The van der Waals surface area contributed by atoms with Gasteiger partial charge in [0.25, 0.3) is 0 Å². The number of para-hydroxylation sites is 1. The number of nitrogens with zero attached hydrogens (tertiary/aromatic N) is 1. The van der Waals surface area contributed by atoms with Crippen molar-refractivity contribution in [2.75, 3.05) is 5.32 Å². The van der Waals surface area contributed by atoms with Gasteiger partial charge in [0.05, 0.1) is 17.4 Å². The number of benzene rings is 1. The van der Waals surface area contributed by atoms with Gasteiger partial charge < -0.3 is 5.32 Å². The average molecular weight is 215 g/mol. The van der Waals surface area contributed by atoms with Crippen molar-refractivity contribution in [1.29, 1.82) is 0 Å². The number of nitrogens with one attached hydrogen (secondary N) is 2. The number of aromatic amines is 1. The number of fused-ring (bicyclic) bond motifs is 1. The quantitative estimate of drug-likeness (QED) is 0.807. The maximum Gasteiger partial charge on any atom is 0.0881 e. The van der Waals surface area contributed by atoms with Crippen LogP contribution in [0.2, 0.25) is 0 Å². The summed E-state index contributed by atoms with van der Waals surface area (Å²) in [6, 6.07) is 6.92. The molecule has 1 aromatic heterocycles. The zero-order valence-corrected chi connectivity index (χ0v) is 9.53. The number of aromatic nitrogens is 2. The molecular weight excluding hydrogens is 198 g/mol. The molecule has 1 aliphatic rings. The van der Waals surface area contributed by atoms with E-state index in [2.05, 4.69) is 40.6 Å². The van der Waals surface area contributed by atoms with Gasteiger partial charge in [-0.05, 0) is 31.2 Å². The van der Waals surface area contributed by atoms with E-state index in [-0.39, 0.29) is 0 Å². The molecule has 2 unspecified atom stereocenters. The lowest BCUT2D eigenvalue weighted by Gasteiger charge is -2.14. The van der Waals surface area contributed by atoms with Crippen molar-refractivity contribution < 1.29 is 0 Å². The highest BCUT2D eigenvalue weighted by Crippen LogP contribution is 2.29. The first kappa shape index (κ1) is 9.70. The van der Waals surface area contributed by atoms with Crippen LogP contribution in [-0.4, -0.2) is 16.2 Å². The molecule has 16 heavy (non-hydrogen) atoms. The van der Waals surface area contributed by atoms with Crippen LogP contribution >= 0.6 is 0 Å². The summed E-state index contributed by atoms with van der Waals surface area (Å²) in [6.07, 6.45) is 5.78. The van der Waals surface area contributed by atoms with Crippen LogP contribution in [0.15, 0.2) is 24.4 Å². The molecule has 0 saturated heterocycles. The van der Waals surface area contributed by atoms with E-state index in [0.29, 0.717) is 6.04 Å². The van der Waals surface area contributed by atoms with E-state index < -0.39 is 0 Å². The molecule has 1 aliphatic carbocycles. The van der Waals surface area contributed by atoms with E-state index in [4.69, 9.17) is 0 Å². The minimum Gasteiger partial charge on any atom is -0.381 e. The maximum absolute atomic E-state index is 4.09. The fourth-order valence-electron chi connectivity index (χ4n) is 2.65. The Morgan fingerprint density at radius 3 is 3.12 bits per heavy atom. The highest BCUT2D eigenvalue weighted by Gasteiger charge is 2.21. The van der Waals surface area contributed by atoms with Gasteiger partial charge >= 0.3 is 0 Å². The summed E-state index contributed by atoms with van der Waals surface area (Å²) in [6.45, 7) is 2.33. The molecule has 1 heterocycles. The predicted molar refractivity (Wildman–Crippen MR) is 66.5 cm³/mol. The Morgan fingerprint density at radius 2 is 2.31 bits per heavy atom.